The topological polar surface area (TPSA) is 38.0 Å². The zero-order valence-corrected chi connectivity index (χ0v) is 12.9. The van der Waals surface area contributed by atoms with Crippen LogP contribution in [0.15, 0.2) is 53.0 Å². The molecular weight excluding hydrogens is 319 g/mol. The first-order valence-electron chi connectivity index (χ1n) is 6.58. The van der Waals surface area contributed by atoms with Gasteiger partial charge in [-0.3, -0.25) is 0 Å². The molecule has 4 heteroatoms. The average molecular weight is 337 g/mol. The Hall–Kier alpha value is -1.23. The first kappa shape index (κ1) is 15.2. The summed E-state index contributed by atoms with van der Waals surface area (Å²) in [6, 6.07) is 15.0. The molecule has 2 aromatic rings. The fourth-order valence-corrected chi connectivity index (χ4v) is 2.54. The van der Waals surface area contributed by atoms with Gasteiger partial charge in [0, 0.05) is 28.7 Å². The van der Waals surface area contributed by atoms with Gasteiger partial charge in [-0.2, -0.15) is 0 Å². The van der Waals surface area contributed by atoms with Crippen molar-refractivity contribution in [2.24, 2.45) is 5.73 Å². The number of benzene rings is 2. The highest BCUT2D eigenvalue weighted by Crippen LogP contribution is 2.23. The fraction of sp³-hybridized carbons (Fsp3) is 0.250. The van der Waals surface area contributed by atoms with Crippen molar-refractivity contribution in [1.29, 1.82) is 0 Å². The Kier molecular flexibility index (Phi) is 5.29. The van der Waals surface area contributed by atoms with Gasteiger partial charge in [-0.05, 0) is 24.6 Å². The van der Waals surface area contributed by atoms with E-state index in [0.29, 0.717) is 12.1 Å². The highest BCUT2D eigenvalue weighted by molar-refractivity contribution is 9.10. The third kappa shape index (κ3) is 3.66. The van der Waals surface area contributed by atoms with E-state index in [4.69, 9.17) is 5.73 Å². The summed E-state index contributed by atoms with van der Waals surface area (Å²) in [4.78, 5) is 0. The van der Waals surface area contributed by atoms with Gasteiger partial charge < -0.3 is 11.1 Å². The maximum atomic E-state index is 14.0. The summed E-state index contributed by atoms with van der Waals surface area (Å²) >= 11 is 3.26. The summed E-state index contributed by atoms with van der Waals surface area (Å²) in [6.45, 7) is 2.39. The molecule has 0 bridgehead atoms. The van der Waals surface area contributed by atoms with Gasteiger partial charge in [-0.15, -0.1) is 0 Å². The molecule has 2 atom stereocenters. The van der Waals surface area contributed by atoms with Crippen LogP contribution in [0.2, 0.25) is 0 Å². The van der Waals surface area contributed by atoms with Gasteiger partial charge in [0.25, 0.3) is 0 Å². The molecule has 0 radical (unpaired) electrons. The standard InChI is InChI=1S/C16H18BrFN2/c1-11(12-5-3-2-4-6-12)20-16(10-19)14-8-7-13(17)9-15(14)18/h2-9,11,16,20H,10,19H2,1H3. The quantitative estimate of drug-likeness (QED) is 0.867. The molecule has 106 valence electrons. The summed E-state index contributed by atoms with van der Waals surface area (Å²) in [7, 11) is 0. The molecule has 0 aliphatic rings. The van der Waals surface area contributed by atoms with Crippen LogP contribution in [0.4, 0.5) is 4.39 Å². The van der Waals surface area contributed by atoms with Crippen LogP contribution in [-0.2, 0) is 0 Å². The highest BCUT2D eigenvalue weighted by atomic mass is 79.9. The molecule has 0 amide bonds. The average Bonchev–Trinajstić information content (AvgIpc) is 2.46. The molecule has 2 rings (SSSR count). The Balaban J connectivity index is 2.17. The molecule has 0 fully saturated rings. The molecule has 0 aliphatic carbocycles. The number of nitrogens with one attached hydrogen (secondary N) is 1. The van der Waals surface area contributed by atoms with Crippen molar-refractivity contribution in [3.05, 3.63) is 69.9 Å². The van der Waals surface area contributed by atoms with Crippen LogP contribution in [0.25, 0.3) is 0 Å². The van der Waals surface area contributed by atoms with Crippen molar-refractivity contribution in [2.45, 2.75) is 19.0 Å². The molecule has 2 unspecified atom stereocenters. The summed E-state index contributed by atoms with van der Waals surface area (Å²) in [5.41, 5.74) is 7.55. The Morgan fingerprint density at radius 2 is 1.90 bits per heavy atom. The lowest BCUT2D eigenvalue weighted by Crippen LogP contribution is -2.31. The van der Waals surface area contributed by atoms with Crippen LogP contribution in [0.3, 0.4) is 0 Å². The third-order valence-corrected chi connectivity index (χ3v) is 3.82. The van der Waals surface area contributed by atoms with Gasteiger partial charge in [0.1, 0.15) is 5.82 Å². The van der Waals surface area contributed by atoms with E-state index in [2.05, 4.69) is 28.2 Å². The van der Waals surface area contributed by atoms with E-state index in [0.717, 1.165) is 10.0 Å². The maximum Gasteiger partial charge on any atom is 0.129 e. The molecule has 20 heavy (non-hydrogen) atoms. The monoisotopic (exact) mass is 336 g/mol. The number of hydrogen-bond donors (Lipinski definition) is 2. The van der Waals surface area contributed by atoms with E-state index in [1.165, 1.54) is 6.07 Å². The van der Waals surface area contributed by atoms with Crippen molar-refractivity contribution in [3.8, 4) is 0 Å². The maximum absolute atomic E-state index is 14.0. The number of halogens is 2. The zero-order chi connectivity index (χ0) is 14.5. The van der Waals surface area contributed by atoms with Crippen LogP contribution in [0.5, 0.6) is 0 Å². The summed E-state index contributed by atoms with van der Waals surface area (Å²) < 4.78 is 14.7. The Morgan fingerprint density at radius 3 is 2.50 bits per heavy atom. The van der Waals surface area contributed by atoms with Gasteiger partial charge in [0.05, 0.1) is 0 Å². The number of hydrogen-bond acceptors (Lipinski definition) is 2. The second-order valence-corrected chi connectivity index (χ2v) is 5.67. The van der Waals surface area contributed by atoms with Crippen LogP contribution in [0.1, 0.15) is 30.1 Å². The predicted octanol–water partition coefficient (Wildman–Crippen LogP) is 3.94. The first-order chi connectivity index (χ1) is 9.61. The largest absolute Gasteiger partial charge is 0.329 e. The van der Waals surface area contributed by atoms with E-state index in [1.54, 1.807) is 6.07 Å². The minimum absolute atomic E-state index is 0.104. The fourth-order valence-electron chi connectivity index (χ4n) is 2.21. The van der Waals surface area contributed by atoms with Gasteiger partial charge in [0.2, 0.25) is 0 Å². The molecule has 0 aromatic heterocycles. The molecule has 0 saturated carbocycles. The van der Waals surface area contributed by atoms with E-state index in [1.807, 2.05) is 36.4 Å². The summed E-state index contributed by atoms with van der Waals surface area (Å²) in [5, 5.41) is 3.38. The first-order valence-corrected chi connectivity index (χ1v) is 7.37. The van der Waals surface area contributed by atoms with Crippen molar-refractivity contribution in [2.75, 3.05) is 6.54 Å². The zero-order valence-electron chi connectivity index (χ0n) is 11.3. The number of rotatable bonds is 5. The van der Waals surface area contributed by atoms with Crippen LogP contribution >= 0.6 is 15.9 Å². The van der Waals surface area contributed by atoms with Crippen molar-refractivity contribution in [3.63, 3.8) is 0 Å². The van der Waals surface area contributed by atoms with Crippen molar-refractivity contribution in [1.82, 2.24) is 5.32 Å². The highest BCUT2D eigenvalue weighted by Gasteiger charge is 2.17. The Labute approximate surface area is 127 Å². The van der Waals surface area contributed by atoms with E-state index >= 15 is 0 Å². The summed E-state index contributed by atoms with van der Waals surface area (Å²) in [5.74, 6) is -0.248. The molecule has 0 spiro atoms. The molecule has 0 heterocycles. The number of nitrogens with two attached hydrogens (primary N) is 1. The second kappa shape index (κ2) is 6.97. The van der Waals surface area contributed by atoms with E-state index in [9.17, 15) is 4.39 Å². The lowest BCUT2D eigenvalue weighted by Gasteiger charge is -2.23. The molecule has 2 nitrogen and oxygen atoms in total. The Morgan fingerprint density at radius 1 is 1.20 bits per heavy atom. The third-order valence-electron chi connectivity index (χ3n) is 3.32. The SMILES string of the molecule is CC(NC(CN)c1ccc(Br)cc1F)c1ccccc1. The van der Waals surface area contributed by atoms with Crippen LogP contribution in [-0.4, -0.2) is 6.54 Å². The lowest BCUT2D eigenvalue weighted by atomic mass is 10.0. The lowest BCUT2D eigenvalue weighted by molar-refractivity contribution is 0.454. The van der Waals surface area contributed by atoms with Crippen molar-refractivity contribution >= 4 is 15.9 Å². The molecule has 2 aromatic carbocycles. The minimum Gasteiger partial charge on any atom is -0.329 e. The van der Waals surface area contributed by atoms with Gasteiger partial charge in [0.15, 0.2) is 0 Å². The van der Waals surface area contributed by atoms with E-state index in [-0.39, 0.29) is 17.9 Å². The predicted molar refractivity (Wildman–Crippen MR) is 83.9 cm³/mol. The smallest absolute Gasteiger partial charge is 0.129 e. The normalized spacial score (nSPS) is 14.0. The van der Waals surface area contributed by atoms with Crippen LogP contribution < -0.4 is 11.1 Å². The molecule has 0 saturated heterocycles. The minimum atomic E-state index is -0.248. The molecule has 3 N–H and O–H groups in total. The van der Waals surface area contributed by atoms with Gasteiger partial charge >= 0.3 is 0 Å². The van der Waals surface area contributed by atoms with E-state index < -0.39 is 0 Å². The van der Waals surface area contributed by atoms with Crippen LogP contribution in [0, 0.1) is 5.82 Å². The molecular formula is C16H18BrFN2. The second-order valence-electron chi connectivity index (χ2n) is 4.75. The molecule has 0 aliphatic heterocycles. The van der Waals surface area contributed by atoms with Gasteiger partial charge in [-0.25, -0.2) is 4.39 Å². The summed E-state index contributed by atoms with van der Waals surface area (Å²) in [6.07, 6.45) is 0. The van der Waals surface area contributed by atoms with Gasteiger partial charge in [-0.1, -0.05) is 52.3 Å². The van der Waals surface area contributed by atoms with Crippen molar-refractivity contribution < 1.29 is 4.39 Å². The Bertz CT molecular complexity index is 560.